The Morgan fingerprint density at radius 3 is 2.16 bits per heavy atom. The van der Waals surface area contributed by atoms with Crippen LogP contribution in [0.3, 0.4) is 0 Å². The number of hydrogen-bond acceptors (Lipinski definition) is 4. The fraction of sp³-hybridized carbons (Fsp3) is 0.257. The molecule has 7 nitrogen and oxygen atoms in total. The zero-order valence-electron chi connectivity index (χ0n) is 25.5. The molecule has 2 amide bonds. The van der Waals surface area contributed by atoms with Gasteiger partial charge in [-0.2, -0.15) is 0 Å². The van der Waals surface area contributed by atoms with Crippen LogP contribution in [0.4, 0.5) is 5.69 Å². The molecular weight excluding hydrogens is 629 g/mol. The smallest absolute Gasteiger partial charge is 0.264 e. The van der Waals surface area contributed by atoms with Crippen LogP contribution in [-0.4, -0.2) is 44.3 Å². The van der Waals surface area contributed by atoms with Gasteiger partial charge in [-0.15, -0.1) is 0 Å². The lowest BCUT2D eigenvalue weighted by molar-refractivity contribution is -0.140. The molecule has 0 aliphatic carbocycles. The summed E-state index contributed by atoms with van der Waals surface area (Å²) in [4.78, 5) is 29.8. The van der Waals surface area contributed by atoms with Gasteiger partial charge in [-0.3, -0.25) is 13.9 Å². The minimum atomic E-state index is -4.22. The van der Waals surface area contributed by atoms with E-state index in [1.54, 1.807) is 42.5 Å². The minimum absolute atomic E-state index is 0.00619. The summed E-state index contributed by atoms with van der Waals surface area (Å²) in [5.41, 5.74) is 2.62. The van der Waals surface area contributed by atoms with Gasteiger partial charge in [-0.05, 0) is 72.0 Å². The van der Waals surface area contributed by atoms with E-state index >= 15 is 0 Å². The Balaban J connectivity index is 1.81. The van der Waals surface area contributed by atoms with Crippen molar-refractivity contribution in [2.75, 3.05) is 17.4 Å². The third-order valence-corrected chi connectivity index (χ3v) is 9.63. The number of halogens is 2. The van der Waals surface area contributed by atoms with Gasteiger partial charge in [0.05, 0.1) is 10.6 Å². The molecule has 0 aliphatic heterocycles. The lowest BCUT2D eigenvalue weighted by Crippen LogP contribution is -2.53. The quantitative estimate of drug-likeness (QED) is 0.168. The van der Waals surface area contributed by atoms with Crippen LogP contribution in [0.25, 0.3) is 0 Å². The first-order valence-electron chi connectivity index (χ1n) is 14.6. The van der Waals surface area contributed by atoms with E-state index in [-0.39, 0.29) is 29.7 Å². The molecule has 0 radical (unpaired) electrons. The summed E-state index contributed by atoms with van der Waals surface area (Å²) in [6.45, 7) is 5.67. The Hall–Kier alpha value is -3.85. The maximum absolute atomic E-state index is 14.5. The fourth-order valence-electron chi connectivity index (χ4n) is 4.83. The molecule has 4 aromatic carbocycles. The van der Waals surface area contributed by atoms with Gasteiger partial charge >= 0.3 is 0 Å². The summed E-state index contributed by atoms with van der Waals surface area (Å²) in [7, 11) is -4.22. The van der Waals surface area contributed by atoms with Gasteiger partial charge < -0.3 is 10.2 Å². The standard InChI is InChI=1S/C35H37Cl2N3O4S/c1-25(2)22-38-35(42)33(21-27-11-5-4-6-12-27)39(23-28-13-7-8-15-32(28)37)34(41)24-40(30-14-9-10-26(3)20-30)45(43,44)31-18-16-29(36)17-19-31/h4-20,25,33H,21-24H2,1-3H3,(H,38,42)/t33-/m1/s1. The highest BCUT2D eigenvalue weighted by Gasteiger charge is 2.35. The molecule has 1 N–H and O–H groups in total. The van der Waals surface area contributed by atoms with E-state index in [9.17, 15) is 18.0 Å². The van der Waals surface area contributed by atoms with Crippen molar-refractivity contribution in [3.8, 4) is 0 Å². The number of nitrogens with zero attached hydrogens (tertiary/aromatic N) is 2. The minimum Gasteiger partial charge on any atom is -0.354 e. The predicted octanol–water partition coefficient (Wildman–Crippen LogP) is 6.91. The molecule has 0 fully saturated rings. The van der Waals surface area contributed by atoms with Crippen LogP contribution in [0.2, 0.25) is 10.0 Å². The van der Waals surface area contributed by atoms with Crippen molar-refractivity contribution in [3.05, 3.63) is 130 Å². The highest BCUT2D eigenvalue weighted by atomic mass is 35.5. The highest BCUT2D eigenvalue weighted by molar-refractivity contribution is 7.92. The Kier molecular flexibility index (Phi) is 11.7. The molecule has 0 aromatic heterocycles. The first kappa shape index (κ1) is 34.0. The zero-order chi connectivity index (χ0) is 32.6. The van der Waals surface area contributed by atoms with Crippen LogP contribution < -0.4 is 9.62 Å². The number of amides is 2. The topological polar surface area (TPSA) is 86.8 Å². The van der Waals surface area contributed by atoms with Crippen molar-refractivity contribution in [3.63, 3.8) is 0 Å². The van der Waals surface area contributed by atoms with Crippen LogP contribution in [0.5, 0.6) is 0 Å². The molecule has 10 heteroatoms. The van der Waals surface area contributed by atoms with Crippen molar-refractivity contribution in [1.82, 2.24) is 10.2 Å². The van der Waals surface area contributed by atoms with Gasteiger partial charge in [0.1, 0.15) is 12.6 Å². The fourth-order valence-corrected chi connectivity index (χ4v) is 6.56. The van der Waals surface area contributed by atoms with E-state index in [1.165, 1.54) is 29.2 Å². The van der Waals surface area contributed by atoms with Crippen molar-refractivity contribution >= 4 is 50.7 Å². The van der Waals surface area contributed by atoms with Gasteiger partial charge in [-0.1, -0.05) is 97.7 Å². The molecule has 4 rings (SSSR count). The Bertz CT molecular complexity index is 1710. The molecule has 4 aromatic rings. The zero-order valence-corrected chi connectivity index (χ0v) is 27.8. The molecule has 0 bridgehead atoms. The van der Waals surface area contributed by atoms with Gasteiger partial charge in [0.2, 0.25) is 11.8 Å². The summed E-state index contributed by atoms with van der Waals surface area (Å²) in [6, 6.07) is 28.3. The van der Waals surface area contributed by atoms with Crippen LogP contribution in [-0.2, 0) is 32.6 Å². The second-order valence-electron chi connectivity index (χ2n) is 11.3. The van der Waals surface area contributed by atoms with E-state index < -0.39 is 28.5 Å². The maximum atomic E-state index is 14.5. The van der Waals surface area contributed by atoms with E-state index in [0.717, 1.165) is 15.4 Å². The molecule has 0 saturated carbocycles. The Labute approximate surface area is 275 Å². The molecule has 0 unspecified atom stereocenters. The van der Waals surface area contributed by atoms with Gasteiger partial charge in [-0.25, -0.2) is 8.42 Å². The summed E-state index contributed by atoms with van der Waals surface area (Å²) in [6.07, 6.45) is 0.218. The van der Waals surface area contributed by atoms with Gasteiger partial charge in [0.25, 0.3) is 10.0 Å². The number of benzene rings is 4. The monoisotopic (exact) mass is 665 g/mol. The normalized spacial score (nSPS) is 12.0. The molecule has 0 saturated heterocycles. The number of anilines is 1. The third kappa shape index (κ3) is 9.10. The van der Waals surface area contributed by atoms with Crippen molar-refractivity contribution in [2.45, 2.75) is 44.7 Å². The molecule has 45 heavy (non-hydrogen) atoms. The van der Waals surface area contributed by atoms with Crippen LogP contribution >= 0.6 is 23.2 Å². The number of hydrogen-bond donors (Lipinski definition) is 1. The number of aryl methyl sites for hydroxylation is 1. The highest BCUT2D eigenvalue weighted by Crippen LogP contribution is 2.27. The first-order valence-corrected chi connectivity index (χ1v) is 16.8. The third-order valence-electron chi connectivity index (χ3n) is 7.22. The number of sulfonamides is 1. The van der Waals surface area contributed by atoms with E-state index in [1.807, 2.05) is 57.2 Å². The molecular formula is C35H37Cl2N3O4S. The summed E-state index contributed by atoms with van der Waals surface area (Å²) in [5, 5.41) is 3.80. The number of rotatable bonds is 13. The average molecular weight is 667 g/mol. The second-order valence-corrected chi connectivity index (χ2v) is 14.0. The van der Waals surface area contributed by atoms with E-state index in [4.69, 9.17) is 23.2 Å². The van der Waals surface area contributed by atoms with Crippen LogP contribution in [0.1, 0.15) is 30.5 Å². The molecule has 0 aliphatic rings. The first-order chi connectivity index (χ1) is 21.5. The average Bonchev–Trinajstić information content (AvgIpc) is 3.01. The van der Waals surface area contributed by atoms with Crippen molar-refractivity contribution in [2.24, 2.45) is 5.92 Å². The predicted molar refractivity (Wildman–Crippen MR) is 181 cm³/mol. The van der Waals surface area contributed by atoms with Crippen molar-refractivity contribution < 1.29 is 18.0 Å². The Morgan fingerprint density at radius 2 is 1.51 bits per heavy atom. The second kappa shape index (κ2) is 15.4. The van der Waals surface area contributed by atoms with Gasteiger partial charge in [0.15, 0.2) is 0 Å². The largest absolute Gasteiger partial charge is 0.354 e. The molecule has 0 spiro atoms. The van der Waals surface area contributed by atoms with Crippen LogP contribution in [0.15, 0.2) is 108 Å². The molecule has 1 atom stereocenters. The van der Waals surface area contributed by atoms with E-state index in [2.05, 4.69) is 5.32 Å². The van der Waals surface area contributed by atoms with E-state index in [0.29, 0.717) is 27.8 Å². The number of carbonyl (C=O) groups is 2. The van der Waals surface area contributed by atoms with Gasteiger partial charge in [0, 0.05) is 29.6 Å². The SMILES string of the molecule is Cc1cccc(N(CC(=O)N(Cc2ccccc2Cl)[C@H](Cc2ccccc2)C(=O)NCC(C)C)S(=O)(=O)c2ccc(Cl)cc2)c1. The maximum Gasteiger partial charge on any atom is 0.264 e. The Morgan fingerprint density at radius 1 is 0.844 bits per heavy atom. The summed E-state index contributed by atoms with van der Waals surface area (Å²) >= 11 is 12.6. The van der Waals surface area contributed by atoms with Crippen molar-refractivity contribution in [1.29, 1.82) is 0 Å². The summed E-state index contributed by atoms with van der Waals surface area (Å²) < 4.78 is 29.3. The molecule has 236 valence electrons. The number of carbonyl (C=O) groups excluding carboxylic acids is 2. The molecule has 0 heterocycles. The lowest BCUT2D eigenvalue weighted by Gasteiger charge is -2.34. The summed E-state index contributed by atoms with van der Waals surface area (Å²) in [5.74, 6) is -0.717. The lowest BCUT2D eigenvalue weighted by atomic mass is 10.0. The number of nitrogens with one attached hydrogen (secondary N) is 1. The van der Waals surface area contributed by atoms with Crippen LogP contribution in [0, 0.1) is 12.8 Å².